The molecule has 2 aliphatic heterocycles. The Morgan fingerprint density at radius 2 is 1.97 bits per heavy atom. The minimum atomic E-state index is -0.583. The number of hydrazine groups is 1. The first-order valence-corrected chi connectivity index (χ1v) is 11.4. The fraction of sp³-hybridized carbons (Fsp3) is 0.160. The number of fused-ring (bicyclic) bond motifs is 3. The molecule has 0 saturated heterocycles. The number of carbonyl (C=O) groups is 2. The number of rotatable bonds is 3. The topological polar surface area (TPSA) is 119 Å². The van der Waals surface area contributed by atoms with E-state index in [2.05, 4.69) is 15.7 Å². The molecule has 0 fully saturated rings. The molecule has 176 valence electrons. The summed E-state index contributed by atoms with van der Waals surface area (Å²) in [4.78, 5) is 29.0. The van der Waals surface area contributed by atoms with Crippen LogP contribution >= 0.6 is 11.6 Å². The Morgan fingerprint density at radius 1 is 1.11 bits per heavy atom. The van der Waals surface area contributed by atoms with E-state index in [1.165, 1.54) is 11.2 Å². The lowest BCUT2D eigenvalue weighted by Gasteiger charge is -2.23. The van der Waals surface area contributed by atoms with Crippen LogP contribution in [0.4, 0.5) is 10.5 Å². The average molecular weight is 490 g/mol. The van der Waals surface area contributed by atoms with Crippen LogP contribution in [0.3, 0.4) is 0 Å². The van der Waals surface area contributed by atoms with Gasteiger partial charge >= 0.3 is 6.03 Å². The lowest BCUT2D eigenvalue weighted by atomic mass is 9.83. The Morgan fingerprint density at radius 3 is 2.80 bits per heavy atom. The summed E-state index contributed by atoms with van der Waals surface area (Å²) in [5.74, 6) is 0.967. The van der Waals surface area contributed by atoms with Gasteiger partial charge in [0.1, 0.15) is 5.15 Å². The SMILES string of the molecule is NC(=O)N1NC(c2ccc3c(c2)OCO3)C2=C1CCc1ccc(NC(=O)c3cccnc3Cl)cc12. The third-order valence-electron chi connectivity index (χ3n) is 6.37. The molecule has 3 aliphatic rings. The third-order valence-corrected chi connectivity index (χ3v) is 6.67. The normalized spacial score (nSPS) is 17.7. The van der Waals surface area contributed by atoms with Crippen LogP contribution in [0.5, 0.6) is 11.5 Å². The molecule has 35 heavy (non-hydrogen) atoms. The highest BCUT2D eigenvalue weighted by molar-refractivity contribution is 6.33. The number of nitrogens with two attached hydrogens (primary N) is 1. The Bertz CT molecular complexity index is 1420. The number of ether oxygens (including phenoxy) is 2. The molecule has 10 heteroatoms. The van der Waals surface area contributed by atoms with Gasteiger partial charge in [-0.1, -0.05) is 23.7 Å². The van der Waals surface area contributed by atoms with Crippen LogP contribution in [-0.4, -0.2) is 28.7 Å². The number of primary amides is 1. The second-order valence-corrected chi connectivity index (χ2v) is 8.73. The quantitative estimate of drug-likeness (QED) is 0.478. The van der Waals surface area contributed by atoms with E-state index >= 15 is 0 Å². The number of allylic oxidation sites excluding steroid dienone is 1. The molecule has 3 heterocycles. The fourth-order valence-electron chi connectivity index (χ4n) is 4.78. The van der Waals surface area contributed by atoms with Crippen LogP contribution in [0.15, 0.2) is 60.4 Å². The summed E-state index contributed by atoms with van der Waals surface area (Å²) in [7, 11) is 0. The van der Waals surface area contributed by atoms with Crippen molar-refractivity contribution in [2.24, 2.45) is 5.73 Å². The number of anilines is 1. The maximum atomic E-state index is 12.8. The number of urea groups is 1. The monoisotopic (exact) mass is 489 g/mol. The van der Waals surface area contributed by atoms with Gasteiger partial charge in [-0.3, -0.25) is 4.79 Å². The number of amides is 3. The Hall–Kier alpha value is -4.08. The van der Waals surface area contributed by atoms with Crippen LogP contribution < -0.4 is 25.9 Å². The number of benzene rings is 2. The van der Waals surface area contributed by atoms with Crippen molar-refractivity contribution in [2.45, 2.75) is 18.9 Å². The summed E-state index contributed by atoms with van der Waals surface area (Å²) in [5, 5.41) is 4.45. The number of aryl methyl sites for hydroxylation is 1. The van der Waals surface area contributed by atoms with Crippen molar-refractivity contribution in [3.63, 3.8) is 0 Å². The minimum absolute atomic E-state index is 0.132. The van der Waals surface area contributed by atoms with Crippen molar-refractivity contribution in [3.8, 4) is 11.5 Å². The zero-order chi connectivity index (χ0) is 24.1. The number of hydrogen-bond acceptors (Lipinski definition) is 6. The minimum Gasteiger partial charge on any atom is -0.454 e. The summed E-state index contributed by atoms with van der Waals surface area (Å²) in [6.45, 7) is 0.172. The lowest BCUT2D eigenvalue weighted by Crippen LogP contribution is -2.42. The molecule has 0 spiro atoms. The zero-order valence-corrected chi connectivity index (χ0v) is 19.1. The molecule has 0 radical (unpaired) electrons. The van der Waals surface area contributed by atoms with E-state index in [1.807, 2.05) is 36.4 Å². The number of hydrogen-bond donors (Lipinski definition) is 3. The second-order valence-electron chi connectivity index (χ2n) is 8.38. The molecule has 0 bridgehead atoms. The highest BCUT2D eigenvalue weighted by Crippen LogP contribution is 2.47. The van der Waals surface area contributed by atoms with Crippen molar-refractivity contribution < 1.29 is 19.1 Å². The van der Waals surface area contributed by atoms with Gasteiger partial charge in [0.05, 0.1) is 11.6 Å². The smallest absolute Gasteiger partial charge is 0.333 e. The maximum absolute atomic E-state index is 12.8. The first-order chi connectivity index (χ1) is 17.0. The maximum Gasteiger partial charge on any atom is 0.333 e. The van der Waals surface area contributed by atoms with Gasteiger partial charge in [0.2, 0.25) is 6.79 Å². The number of aromatic nitrogens is 1. The molecule has 1 aromatic heterocycles. The molecular weight excluding hydrogens is 470 g/mol. The van der Waals surface area contributed by atoms with Gasteiger partial charge in [-0.2, -0.15) is 0 Å². The van der Waals surface area contributed by atoms with Gasteiger partial charge in [-0.25, -0.2) is 20.2 Å². The molecule has 4 N–H and O–H groups in total. The van der Waals surface area contributed by atoms with Crippen LogP contribution in [0.2, 0.25) is 5.15 Å². The molecule has 1 atom stereocenters. The van der Waals surface area contributed by atoms with E-state index in [1.54, 1.807) is 12.1 Å². The van der Waals surface area contributed by atoms with Gasteiger partial charge in [-0.05, 0) is 65.9 Å². The summed E-state index contributed by atoms with van der Waals surface area (Å²) in [5.41, 5.74) is 14.5. The van der Waals surface area contributed by atoms with E-state index in [9.17, 15) is 9.59 Å². The fourth-order valence-corrected chi connectivity index (χ4v) is 4.98. The Balaban J connectivity index is 1.40. The number of pyridine rings is 1. The number of carbonyl (C=O) groups excluding carboxylic acids is 2. The molecule has 1 unspecified atom stereocenters. The zero-order valence-electron chi connectivity index (χ0n) is 18.4. The predicted molar refractivity (Wildman–Crippen MR) is 129 cm³/mol. The third kappa shape index (κ3) is 3.65. The average Bonchev–Trinajstić information content (AvgIpc) is 3.48. The summed E-state index contributed by atoms with van der Waals surface area (Å²) < 4.78 is 11.0. The van der Waals surface area contributed by atoms with Crippen LogP contribution in [-0.2, 0) is 6.42 Å². The summed E-state index contributed by atoms with van der Waals surface area (Å²) in [6, 6.07) is 13.8. The number of nitrogens with zero attached hydrogens (tertiary/aromatic N) is 2. The lowest BCUT2D eigenvalue weighted by molar-refractivity contribution is 0.102. The molecule has 1 aliphatic carbocycles. The van der Waals surface area contributed by atoms with Crippen molar-refractivity contribution in [3.05, 3.63) is 87.8 Å². The summed E-state index contributed by atoms with van der Waals surface area (Å²) >= 11 is 6.09. The molecule has 3 aromatic rings. The van der Waals surface area contributed by atoms with E-state index in [-0.39, 0.29) is 29.5 Å². The summed E-state index contributed by atoms with van der Waals surface area (Å²) in [6.07, 6.45) is 2.91. The van der Waals surface area contributed by atoms with E-state index < -0.39 is 6.03 Å². The van der Waals surface area contributed by atoms with Crippen molar-refractivity contribution in [2.75, 3.05) is 12.1 Å². The van der Waals surface area contributed by atoms with Crippen molar-refractivity contribution in [1.29, 1.82) is 0 Å². The van der Waals surface area contributed by atoms with Gasteiger partial charge in [0, 0.05) is 23.2 Å². The largest absolute Gasteiger partial charge is 0.454 e. The molecule has 9 nitrogen and oxygen atoms in total. The van der Waals surface area contributed by atoms with Crippen LogP contribution in [0.25, 0.3) is 5.57 Å². The number of halogens is 1. The Kier molecular flexibility index (Phi) is 5.09. The molecule has 6 rings (SSSR count). The predicted octanol–water partition coefficient (Wildman–Crippen LogP) is 4.01. The van der Waals surface area contributed by atoms with Crippen molar-refractivity contribution in [1.82, 2.24) is 15.4 Å². The van der Waals surface area contributed by atoms with E-state index in [4.69, 9.17) is 26.8 Å². The Labute approximate surface area is 205 Å². The van der Waals surface area contributed by atoms with E-state index in [0.29, 0.717) is 23.6 Å². The molecule has 0 saturated carbocycles. The van der Waals surface area contributed by atoms with Gasteiger partial charge in [0.25, 0.3) is 5.91 Å². The highest BCUT2D eigenvalue weighted by Gasteiger charge is 2.39. The van der Waals surface area contributed by atoms with Crippen molar-refractivity contribution >= 4 is 34.8 Å². The first-order valence-electron chi connectivity index (χ1n) is 11.0. The van der Waals surface area contributed by atoms with Gasteiger partial charge in [-0.15, -0.1) is 0 Å². The highest BCUT2D eigenvalue weighted by atomic mass is 35.5. The number of nitrogens with one attached hydrogen (secondary N) is 2. The standard InChI is InChI=1S/C25H20ClN5O4/c26-23-16(2-1-9-28-23)24(32)29-15-6-3-13-4-7-18-21(17(13)11-15)22(30-31(18)25(27)33)14-5-8-19-20(10-14)35-12-34-19/h1-3,5-6,8-11,22,30H,4,7,12H2,(H2,27,33)(H,29,32). The molecule has 2 aromatic carbocycles. The van der Waals surface area contributed by atoms with Gasteiger partial charge in [0.15, 0.2) is 11.5 Å². The molecule has 3 amide bonds. The van der Waals surface area contributed by atoms with E-state index in [0.717, 1.165) is 34.4 Å². The second kappa shape index (κ2) is 8.30. The first kappa shape index (κ1) is 21.5. The van der Waals surface area contributed by atoms with Crippen LogP contribution in [0.1, 0.15) is 39.5 Å². The van der Waals surface area contributed by atoms with Crippen LogP contribution in [0, 0.1) is 0 Å². The van der Waals surface area contributed by atoms with Gasteiger partial charge < -0.3 is 20.5 Å². The molecular formula is C25H20ClN5O4.